The zero-order chi connectivity index (χ0) is 17.6. The number of imidazole rings is 1. The van der Waals surface area contributed by atoms with Gasteiger partial charge in [-0.1, -0.05) is 6.07 Å². The average Bonchev–Trinajstić information content (AvgIpc) is 3.25. The maximum Gasteiger partial charge on any atom is 0.224 e. The summed E-state index contributed by atoms with van der Waals surface area (Å²) in [7, 11) is 0. The molecule has 8 nitrogen and oxygen atoms in total. The molecule has 1 aromatic carbocycles. The van der Waals surface area contributed by atoms with Gasteiger partial charge in [-0.3, -0.25) is 0 Å². The van der Waals surface area contributed by atoms with Crippen LogP contribution in [0.2, 0.25) is 0 Å². The van der Waals surface area contributed by atoms with E-state index in [9.17, 15) is 8.78 Å². The molecule has 0 radical (unpaired) electrons. The Hall–Kier alpha value is -3.56. The van der Waals surface area contributed by atoms with Gasteiger partial charge >= 0.3 is 0 Å². The standard InChI is InChI=1S/C15H12F2N8/c16-10-8(2-3-9(18)11(10)17)6-24-7-20-12-13(24)22-15(19)23-14(12)25-5-1-4-21-25/h1-5,7H,6,18H2,(H2,19,22,23). The van der Waals surface area contributed by atoms with E-state index in [1.54, 1.807) is 23.0 Å². The molecule has 0 aliphatic heterocycles. The highest BCUT2D eigenvalue weighted by Gasteiger charge is 2.17. The van der Waals surface area contributed by atoms with Gasteiger partial charge in [0.2, 0.25) is 5.95 Å². The lowest BCUT2D eigenvalue weighted by Gasteiger charge is -2.08. The fraction of sp³-hybridized carbons (Fsp3) is 0.0667. The van der Waals surface area contributed by atoms with Gasteiger partial charge in [-0.2, -0.15) is 15.1 Å². The Morgan fingerprint density at radius 3 is 2.68 bits per heavy atom. The molecule has 25 heavy (non-hydrogen) atoms. The molecule has 126 valence electrons. The van der Waals surface area contributed by atoms with Crippen LogP contribution in [0.4, 0.5) is 20.4 Å². The molecule has 0 aliphatic rings. The summed E-state index contributed by atoms with van der Waals surface area (Å²) in [4.78, 5) is 12.6. The zero-order valence-corrected chi connectivity index (χ0v) is 12.8. The van der Waals surface area contributed by atoms with Crippen molar-refractivity contribution in [1.82, 2.24) is 29.3 Å². The van der Waals surface area contributed by atoms with Gasteiger partial charge in [0, 0.05) is 18.0 Å². The van der Waals surface area contributed by atoms with E-state index in [4.69, 9.17) is 11.5 Å². The van der Waals surface area contributed by atoms with Crippen LogP contribution < -0.4 is 11.5 Å². The van der Waals surface area contributed by atoms with Crippen molar-refractivity contribution < 1.29 is 8.78 Å². The number of rotatable bonds is 3. The Bertz CT molecular complexity index is 1070. The summed E-state index contributed by atoms with van der Waals surface area (Å²) in [6.45, 7) is 0.00847. The molecular weight excluding hydrogens is 330 g/mol. The number of halogens is 2. The lowest BCUT2D eigenvalue weighted by atomic mass is 10.2. The molecular formula is C15H12F2N8. The number of fused-ring (bicyclic) bond motifs is 1. The molecule has 0 spiro atoms. The zero-order valence-electron chi connectivity index (χ0n) is 12.8. The minimum atomic E-state index is -1.08. The Balaban J connectivity index is 1.83. The average molecular weight is 342 g/mol. The maximum absolute atomic E-state index is 14.1. The van der Waals surface area contributed by atoms with Crippen molar-refractivity contribution in [2.45, 2.75) is 6.54 Å². The number of nitrogens with zero attached hydrogens (tertiary/aromatic N) is 6. The number of aromatic nitrogens is 6. The first-order valence-electron chi connectivity index (χ1n) is 7.25. The lowest BCUT2D eigenvalue weighted by molar-refractivity contribution is 0.499. The predicted octanol–water partition coefficient (Wildman–Crippen LogP) is 1.50. The third-order valence-corrected chi connectivity index (χ3v) is 3.72. The summed E-state index contributed by atoms with van der Waals surface area (Å²) in [6, 6.07) is 4.46. The number of benzene rings is 1. The van der Waals surface area contributed by atoms with Crippen LogP contribution in [-0.4, -0.2) is 29.3 Å². The van der Waals surface area contributed by atoms with Crippen molar-refractivity contribution >= 4 is 22.8 Å². The predicted molar refractivity (Wildman–Crippen MR) is 86.7 cm³/mol. The summed E-state index contributed by atoms with van der Waals surface area (Å²) < 4.78 is 30.8. The highest BCUT2D eigenvalue weighted by Crippen LogP contribution is 2.22. The Kier molecular flexibility index (Phi) is 3.31. The smallest absolute Gasteiger partial charge is 0.224 e. The van der Waals surface area contributed by atoms with E-state index in [2.05, 4.69) is 20.1 Å². The van der Waals surface area contributed by atoms with Crippen LogP contribution in [0.5, 0.6) is 0 Å². The molecule has 0 atom stereocenters. The van der Waals surface area contributed by atoms with Gasteiger partial charge in [0.15, 0.2) is 28.6 Å². The molecule has 3 aromatic heterocycles. The number of nitrogens with two attached hydrogens (primary N) is 2. The SMILES string of the molecule is Nc1nc(-n2cccn2)c2ncn(Cc3ccc(N)c(F)c3F)c2n1. The molecule has 10 heteroatoms. The molecule has 0 saturated carbocycles. The third kappa shape index (κ3) is 2.43. The van der Waals surface area contributed by atoms with Crippen molar-refractivity contribution in [3.63, 3.8) is 0 Å². The normalized spacial score (nSPS) is 11.3. The molecule has 0 aliphatic carbocycles. The van der Waals surface area contributed by atoms with E-state index in [0.29, 0.717) is 17.0 Å². The van der Waals surface area contributed by atoms with Gasteiger partial charge in [-0.25, -0.2) is 18.4 Å². The number of nitrogen functional groups attached to an aromatic ring is 2. The second-order valence-corrected chi connectivity index (χ2v) is 5.34. The van der Waals surface area contributed by atoms with Crippen molar-refractivity contribution in [3.8, 4) is 5.82 Å². The molecule has 0 amide bonds. The molecule has 4 N–H and O–H groups in total. The largest absolute Gasteiger partial charge is 0.396 e. The molecule has 4 aromatic rings. The Morgan fingerprint density at radius 1 is 1.08 bits per heavy atom. The number of hydrogen-bond donors (Lipinski definition) is 2. The summed E-state index contributed by atoms with van der Waals surface area (Å²) in [6.07, 6.45) is 4.74. The summed E-state index contributed by atoms with van der Waals surface area (Å²) in [5, 5.41) is 4.10. The van der Waals surface area contributed by atoms with E-state index < -0.39 is 11.6 Å². The van der Waals surface area contributed by atoms with E-state index in [0.717, 1.165) is 0 Å². The van der Waals surface area contributed by atoms with Crippen LogP contribution >= 0.6 is 0 Å². The first-order chi connectivity index (χ1) is 12.0. The third-order valence-electron chi connectivity index (χ3n) is 3.72. The van der Waals surface area contributed by atoms with Gasteiger partial charge in [0.1, 0.15) is 0 Å². The minimum absolute atomic E-state index is 0.00847. The van der Waals surface area contributed by atoms with Crippen LogP contribution in [0, 0.1) is 11.6 Å². The second-order valence-electron chi connectivity index (χ2n) is 5.34. The van der Waals surface area contributed by atoms with Gasteiger partial charge in [0.05, 0.1) is 18.6 Å². The molecule has 3 heterocycles. The fourth-order valence-electron chi connectivity index (χ4n) is 2.53. The highest BCUT2D eigenvalue weighted by molar-refractivity contribution is 5.79. The monoisotopic (exact) mass is 342 g/mol. The van der Waals surface area contributed by atoms with Crippen LogP contribution in [0.1, 0.15) is 5.56 Å². The molecule has 0 unspecified atom stereocenters. The van der Waals surface area contributed by atoms with Crippen molar-refractivity contribution in [3.05, 3.63) is 54.1 Å². The topological polar surface area (TPSA) is 113 Å². The van der Waals surface area contributed by atoms with E-state index >= 15 is 0 Å². The van der Waals surface area contributed by atoms with Gasteiger partial charge in [-0.15, -0.1) is 0 Å². The van der Waals surface area contributed by atoms with Gasteiger partial charge in [-0.05, 0) is 12.1 Å². The molecule has 0 saturated heterocycles. The van der Waals surface area contributed by atoms with Crippen LogP contribution in [-0.2, 0) is 6.54 Å². The van der Waals surface area contributed by atoms with E-state index in [-0.39, 0.29) is 23.7 Å². The van der Waals surface area contributed by atoms with Crippen molar-refractivity contribution in [2.24, 2.45) is 0 Å². The minimum Gasteiger partial charge on any atom is -0.396 e. The quantitative estimate of drug-likeness (QED) is 0.546. The Labute approximate surface area is 139 Å². The molecule has 0 bridgehead atoms. The summed E-state index contributed by atoms with van der Waals surface area (Å²) in [5.74, 6) is -1.66. The molecule has 0 fully saturated rings. The summed E-state index contributed by atoms with van der Waals surface area (Å²) in [5.41, 5.74) is 11.8. The van der Waals surface area contributed by atoms with Crippen molar-refractivity contribution in [2.75, 3.05) is 11.5 Å². The van der Waals surface area contributed by atoms with Crippen molar-refractivity contribution in [1.29, 1.82) is 0 Å². The van der Waals surface area contributed by atoms with Crippen LogP contribution in [0.3, 0.4) is 0 Å². The number of anilines is 2. The second kappa shape index (κ2) is 5.51. The van der Waals surface area contributed by atoms with E-state index in [1.807, 2.05) is 0 Å². The lowest BCUT2D eigenvalue weighted by Crippen LogP contribution is -2.08. The molecule has 4 rings (SSSR count). The highest BCUT2D eigenvalue weighted by atomic mass is 19.2. The number of hydrogen-bond acceptors (Lipinski definition) is 6. The first-order valence-corrected chi connectivity index (χ1v) is 7.25. The van der Waals surface area contributed by atoms with E-state index in [1.165, 1.54) is 23.1 Å². The maximum atomic E-state index is 14.1. The fourth-order valence-corrected chi connectivity index (χ4v) is 2.53. The van der Waals surface area contributed by atoms with Crippen LogP contribution in [0.25, 0.3) is 17.0 Å². The van der Waals surface area contributed by atoms with Gasteiger partial charge < -0.3 is 16.0 Å². The van der Waals surface area contributed by atoms with Crippen LogP contribution in [0.15, 0.2) is 36.9 Å². The first kappa shape index (κ1) is 15.0. The summed E-state index contributed by atoms with van der Waals surface area (Å²) >= 11 is 0. The van der Waals surface area contributed by atoms with Gasteiger partial charge in [0.25, 0.3) is 0 Å². The Morgan fingerprint density at radius 2 is 1.92 bits per heavy atom.